The van der Waals surface area contributed by atoms with Gasteiger partial charge in [-0.1, -0.05) is 19.1 Å². The molecular weight excluding hydrogens is 188 g/mol. The van der Waals surface area contributed by atoms with Crippen LogP contribution in [0.1, 0.15) is 36.8 Å². The molecule has 15 heavy (non-hydrogen) atoms. The summed E-state index contributed by atoms with van der Waals surface area (Å²) in [5, 5.41) is 9.09. The highest BCUT2D eigenvalue weighted by atomic mass is 16.5. The lowest BCUT2D eigenvalue weighted by atomic mass is 9.97. The molecule has 1 aliphatic carbocycles. The first-order valence-electron chi connectivity index (χ1n) is 5.38. The second-order valence-electron chi connectivity index (χ2n) is 4.17. The summed E-state index contributed by atoms with van der Waals surface area (Å²) in [4.78, 5) is 0. The van der Waals surface area contributed by atoms with E-state index in [4.69, 9.17) is 9.84 Å². The molecule has 1 fully saturated rings. The van der Waals surface area contributed by atoms with E-state index in [1.54, 1.807) is 7.11 Å². The summed E-state index contributed by atoms with van der Waals surface area (Å²) in [5.74, 6) is 2.66. The van der Waals surface area contributed by atoms with Crippen molar-refractivity contribution < 1.29 is 9.84 Å². The maximum Gasteiger partial charge on any atom is 0.122 e. The van der Waals surface area contributed by atoms with Gasteiger partial charge in [0.05, 0.1) is 13.7 Å². The molecule has 1 N–H and O–H groups in total. The highest BCUT2D eigenvalue weighted by Gasteiger charge is 2.27. The predicted molar refractivity (Wildman–Crippen MR) is 60.1 cm³/mol. The quantitative estimate of drug-likeness (QED) is 0.818. The van der Waals surface area contributed by atoms with Crippen molar-refractivity contribution in [3.63, 3.8) is 0 Å². The maximum atomic E-state index is 9.09. The summed E-state index contributed by atoms with van der Waals surface area (Å²) >= 11 is 0. The zero-order valence-electron chi connectivity index (χ0n) is 9.29. The number of rotatable bonds is 4. The van der Waals surface area contributed by atoms with Crippen LogP contribution in [0, 0.1) is 5.92 Å². The molecule has 2 rings (SSSR count). The number of ether oxygens (including phenoxy) is 1. The van der Waals surface area contributed by atoms with E-state index in [0.717, 1.165) is 17.2 Å². The van der Waals surface area contributed by atoms with Crippen LogP contribution in [-0.4, -0.2) is 18.8 Å². The average molecular weight is 205 g/mol. The van der Waals surface area contributed by atoms with Crippen molar-refractivity contribution in [2.45, 2.75) is 25.7 Å². The molecule has 0 bridgehead atoms. The van der Waals surface area contributed by atoms with Crippen LogP contribution in [0.2, 0.25) is 0 Å². The van der Waals surface area contributed by atoms with Crippen molar-refractivity contribution in [1.29, 1.82) is 0 Å². The highest BCUT2D eigenvalue weighted by molar-refractivity contribution is 5.45. The normalized spacial score (nSPS) is 15.7. The topological polar surface area (TPSA) is 29.5 Å². The maximum absolute atomic E-state index is 9.09. The Morgan fingerprint density at radius 3 is 2.73 bits per heavy atom. The lowest BCUT2D eigenvalue weighted by Gasteiger charge is -2.12. The first kappa shape index (κ1) is 10.5. The molecule has 1 aliphatic rings. The van der Waals surface area contributed by atoms with Crippen LogP contribution in [-0.2, 0) is 0 Å². The van der Waals surface area contributed by atoms with Crippen molar-refractivity contribution in [1.82, 2.24) is 0 Å². The lowest BCUT2D eigenvalue weighted by molar-refractivity contribution is 0.315. The van der Waals surface area contributed by atoms with Gasteiger partial charge < -0.3 is 9.84 Å². The number of hydrogen-bond acceptors (Lipinski definition) is 2. The van der Waals surface area contributed by atoms with Gasteiger partial charge in [-0.15, -0.1) is 0 Å². The third-order valence-corrected chi connectivity index (χ3v) is 2.98. The molecule has 1 radical (unpaired) electrons. The van der Waals surface area contributed by atoms with E-state index in [0.29, 0.717) is 5.92 Å². The minimum Gasteiger partial charge on any atom is -0.496 e. The molecule has 2 heteroatoms. The first-order valence-corrected chi connectivity index (χ1v) is 5.38. The Kier molecular flexibility index (Phi) is 2.96. The van der Waals surface area contributed by atoms with Crippen LogP contribution < -0.4 is 4.74 Å². The van der Waals surface area contributed by atoms with Crippen LogP contribution >= 0.6 is 0 Å². The van der Waals surface area contributed by atoms with E-state index in [2.05, 4.69) is 6.07 Å². The van der Waals surface area contributed by atoms with Gasteiger partial charge in [-0.2, -0.15) is 0 Å². The van der Waals surface area contributed by atoms with Crippen LogP contribution in [0.25, 0.3) is 0 Å². The lowest BCUT2D eigenvalue weighted by Crippen LogP contribution is -2.01. The van der Waals surface area contributed by atoms with Crippen molar-refractivity contribution in [3.8, 4) is 5.75 Å². The van der Waals surface area contributed by atoms with Gasteiger partial charge in [-0.25, -0.2) is 0 Å². The van der Waals surface area contributed by atoms with E-state index in [1.165, 1.54) is 18.4 Å². The Bertz CT molecular complexity index is 342. The van der Waals surface area contributed by atoms with Crippen LogP contribution in [0.5, 0.6) is 5.75 Å². The standard InChI is InChI=1S/C13H17O2/c1-9(8-14)11-5-6-13(15-2)12(7-11)10-3-4-10/h5-7,10,14H,3-4,8H2,1-2H3. The van der Waals surface area contributed by atoms with Crippen molar-refractivity contribution in [3.05, 3.63) is 35.2 Å². The van der Waals surface area contributed by atoms with Gasteiger partial charge in [0.25, 0.3) is 0 Å². The minimum atomic E-state index is 0.121. The Morgan fingerprint density at radius 1 is 1.47 bits per heavy atom. The molecule has 0 atom stereocenters. The Labute approximate surface area is 90.9 Å². The number of methoxy groups -OCH3 is 1. The Morgan fingerprint density at radius 2 is 2.20 bits per heavy atom. The number of benzene rings is 1. The Balaban J connectivity index is 2.31. The molecule has 0 aromatic heterocycles. The molecule has 0 unspecified atom stereocenters. The van der Waals surface area contributed by atoms with Crippen molar-refractivity contribution in [2.75, 3.05) is 13.7 Å². The molecule has 81 valence electrons. The van der Waals surface area contributed by atoms with Gasteiger partial charge in [0.2, 0.25) is 0 Å². The summed E-state index contributed by atoms with van der Waals surface area (Å²) < 4.78 is 5.34. The van der Waals surface area contributed by atoms with E-state index < -0.39 is 0 Å². The number of aliphatic hydroxyl groups is 1. The largest absolute Gasteiger partial charge is 0.496 e. The van der Waals surface area contributed by atoms with Gasteiger partial charge in [-0.3, -0.25) is 0 Å². The second kappa shape index (κ2) is 4.23. The van der Waals surface area contributed by atoms with Crippen LogP contribution in [0.3, 0.4) is 0 Å². The molecule has 0 saturated heterocycles. The zero-order valence-corrected chi connectivity index (χ0v) is 9.29. The number of hydrogen-bond donors (Lipinski definition) is 1. The molecule has 1 aromatic rings. The van der Waals surface area contributed by atoms with Gasteiger partial charge in [0.1, 0.15) is 5.75 Å². The number of aliphatic hydroxyl groups excluding tert-OH is 1. The molecule has 0 heterocycles. The summed E-state index contributed by atoms with van der Waals surface area (Å²) in [6, 6.07) is 6.17. The van der Waals surface area contributed by atoms with Crippen molar-refractivity contribution >= 4 is 0 Å². The van der Waals surface area contributed by atoms with E-state index in [1.807, 2.05) is 19.1 Å². The summed E-state index contributed by atoms with van der Waals surface area (Å²) in [6.45, 7) is 2.08. The smallest absolute Gasteiger partial charge is 0.122 e. The second-order valence-corrected chi connectivity index (χ2v) is 4.17. The fourth-order valence-corrected chi connectivity index (χ4v) is 1.80. The summed E-state index contributed by atoms with van der Waals surface area (Å²) in [5.41, 5.74) is 2.42. The summed E-state index contributed by atoms with van der Waals surface area (Å²) in [7, 11) is 1.71. The first-order chi connectivity index (χ1) is 7.26. The predicted octanol–water partition coefficient (Wildman–Crippen LogP) is 2.51. The fourth-order valence-electron chi connectivity index (χ4n) is 1.80. The molecular formula is C13H17O2. The zero-order chi connectivity index (χ0) is 10.8. The third-order valence-electron chi connectivity index (χ3n) is 2.98. The summed E-state index contributed by atoms with van der Waals surface area (Å²) in [6.07, 6.45) is 2.52. The molecule has 0 aliphatic heterocycles. The van der Waals surface area contributed by atoms with Gasteiger partial charge >= 0.3 is 0 Å². The highest BCUT2D eigenvalue weighted by Crippen LogP contribution is 2.44. The third kappa shape index (κ3) is 2.15. The molecule has 2 nitrogen and oxygen atoms in total. The fraction of sp³-hybridized carbons (Fsp3) is 0.462. The van der Waals surface area contributed by atoms with E-state index in [-0.39, 0.29) is 6.61 Å². The van der Waals surface area contributed by atoms with Gasteiger partial charge in [0.15, 0.2) is 0 Å². The minimum absolute atomic E-state index is 0.121. The van der Waals surface area contributed by atoms with E-state index in [9.17, 15) is 0 Å². The molecule has 0 spiro atoms. The van der Waals surface area contributed by atoms with Crippen LogP contribution in [0.15, 0.2) is 18.2 Å². The average Bonchev–Trinajstić information content (AvgIpc) is 3.11. The van der Waals surface area contributed by atoms with Crippen LogP contribution in [0.4, 0.5) is 0 Å². The molecule has 0 amide bonds. The van der Waals surface area contributed by atoms with Gasteiger partial charge in [-0.05, 0) is 36.0 Å². The Hall–Kier alpha value is -1.02. The van der Waals surface area contributed by atoms with Gasteiger partial charge in [0, 0.05) is 5.92 Å². The monoisotopic (exact) mass is 205 g/mol. The molecule has 1 aromatic carbocycles. The van der Waals surface area contributed by atoms with Crippen molar-refractivity contribution in [2.24, 2.45) is 0 Å². The molecule has 1 saturated carbocycles. The SMILES string of the molecule is COc1ccc([C](C)CO)cc1C1CC1. The van der Waals surface area contributed by atoms with E-state index >= 15 is 0 Å².